The van der Waals surface area contributed by atoms with Crippen LogP contribution in [0.2, 0.25) is 0 Å². The van der Waals surface area contributed by atoms with Crippen LogP contribution in [0.1, 0.15) is 5.56 Å². The molecule has 1 aliphatic rings. The van der Waals surface area contributed by atoms with Gasteiger partial charge in [0.25, 0.3) is 0 Å². The number of nitrogens with one attached hydrogen (secondary N) is 1. The molecular formula is C11H16ClNO. The lowest BCUT2D eigenvalue weighted by atomic mass is 9.94. The van der Waals surface area contributed by atoms with Crippen molar-refractivity contribution in [1.29, 1.82) is 0 Å². The summed E-state index contributed by atoms with van der Waals surface area (Å²) in [6.45, 7) is 2.35. The monoisotopic (exact) mass is 213 g/mol. The second-order valence-electron chi connectivity index (χ2n) is 3.58. The minimum atomic E-state index is 0. The van der Waals surface area contributed by atoms with Gasteiger partial charge in [0.15, 0.2) is 0 Å². The summed E-state index contributed by atoms with van der Waals surface area (Å²) in [7, 11) is 1.70. The zero-order chi connectivity index (χ0) is 9.10. The van der Waals surface area contributed by atoms with E-state index in [2.05, 4.69) is 17.4 Å². The number of methoxy groups -OCH3 is 1. The zero-order valence-corrected chi connectivity index (χ0v) is 9.14. The first kappa shape index (κ1) is 11.3. The van der Waals surface area contributed by atoms with Crippen LogP contribution in [0.5, 0.6) is 5.75 Å². The predicted molar refractivity (Wildman–Crippen MR) is 60.3 cm³/mol. The van der Waals surface area contributed by atoms with Gasteiger partial charge < -0.3 is 10.1 Å². The van der Waals surface area contributed by atoms with Gasteiger partial charge >= 0.3 is 0 Å². The van der Waals surface area contributed by atoms with Gasteiger partial charge in [-0.25, -0.2) is 0 Å². The maximum atomic E-state index is 5.10. The van der Waals surface area contributed by atoms with E-state index < -0.39 is 0 Å². The Bertz CT molecular complexity index is 269. The van der Waals surface area contributed by atoms with Crippen LogP contribution in [0.15, 0.2) is 24.3 Å². The van der Waals surface area contributed by atoms with E-state index in [0.29, 0.717) is 0 Å². The average Bonchev–Trinajstić information content (AvgIpc) is 2.12. The molecule has 14 heavy (non-hydrogen) atoms. The smallest absolute Gasteiger partial charge is 0.118 e. The predicted octanol–water partition coefficient (Wildman–Crippen LogP) is 1.88. The number of halogens is 1. The lowest BCUT2D eigenvalue weighted by Gasteiger charge is -2.27. The Labute approximate surface area is 91.1 Å². The molecule has 0 radical (unpaired) electrons. The van der Waals surface area contributed by atoms with E-state index in [9.17, 15) is 0 Å². The van der Waals surface area contributed by atoms with Crippen LogP contribution in [0, 0.1) is 5.92 Å². The van der Waals surface area contributed by atoms with Crippen molar-refractivity contribution in [2.45, 2.75) is 6.42 Å². The molecule has 2 nitrogen and oxygen atoms in total. The molecule has 1 aromatic carbocycles. The second kappa shape index (κ2) is 5.23. The summed E-state index contributed by atoms with van der Waals surface area (Å²) < 4.78 is 5.10. The van der Waals surface area contributed by atoms with Gasteiger partial charge in [-0.2, -0.15) is 0 Å². The molecule has 78 valence electrons. The van der Waals surface area contributed by atoms with Gasteiger partial charge in [-0.3, -0.25) is 0 Å². The third kappa shape index (κ3) is 2.63. The van der Waals surface area contributed by atoms with Crippen LogP contribution in [0.3, 0.4) is 0 Å². The van der Waals surface area contributed by atoms with Crippen molar-refractivity contribution in [3.05, 3.63) is 29.8 Å². The average molecular weight is 214 g/mol. The van der Waals surface area contributed by atoms with E-state index in [4.69, 9.17) is 4.74 Å². The van der Waals surface area contributed by atoms with Crippen molar-refractivity contribution < 1.29 is 4.74 Å². The summed E-state index contributed by atoms with van der Waals surface area (Å²) in [5.41, 5.74) is 1.41. The van der Waals surface area contributed by atoms with E-state index >= 15 is 0 Å². The van der Waals surface area contributed by atoms with Crippen molar-refractivity contribution in [2.75, 3.05) is 20.2 Å². The SMILES string of the molecule is COc1ccc(CC2CNC2)cc1.Cl. The molecule has 0 unspecified atom stereocenters. The van der Waals surface area contributed by atoms with Crippen LogP contribution < -0.4 is 10.1 Å². The van der Waals surface area contributed by atoms with Crippen molar-refractivity contribution in [1.82, 2.24) is 5.32 Å². The van der Waals surface area contributed by atoms with Crippen LogP contribution in [0.25, 0.3) is 0 Å². The van der Waals surface area contributed by atoms with Gasteiger partial charge in [0.1, 0.15) is 5.75 Å². The Hall–Kier alpha value is -0.730. The first-order chi connectivity index (χ1) is 6.38. The van der Waals surface area contributed by atoms with Crippen molar-refractivity contribution in [3.8, 4) is 5.75 Å². The molecule has 1 aliphatic heterocycles. The normalized spacial score (nSPS) is 15.5. The summed E-state index contributed by atoms with van der Waals surface area (Å²) in [4.78, 5) is 0. The molecule has 2 rings (SSSR count). The zero-order valence-electron chi connectivity index (χ0n) is 8.32. The van der Waals surface area contributed by atoms with E-state index in [0.717, 1.165) is 11.7 Å². The second-order valence-corrected chi connectivity index (χ2v) is 3.58. The summed E-state index contributed by atoms with van der Waals surface area (Å²) >= 11 is 0. The van der Waals surface area contributed by atoms with E-state index in [1.807, 2.05) is 12.1 Å². The molecule has 0 atom stereocenters. The van der Waals surface area contributed by atoms with Gasteiger partial charge in [0.05, 0.1) is 7.11 Å². The van der Waals surface area contributed by atoms with Crippen LogP contribution in [-0.2, 0) is 6.42 Å². The number of ether oxygens (including phenoxy) is 1. The first-order valence-electron chi connectivity index (χ1n) is 4.72. The molecule has 0 bridgehead atoms. The molecule has 1 N–H and O–H groups in total. The molecule has 0 aliphatic carbocycles. The first-order valence-corrected chi connectivity index (χ1v) is 4.72. The fraction of sp³-hybridized carbons (Fsp3) is 0.455. The summed E-state index contributed by atoms with van der Waals surface area (Å²) in [6.07, 6.45) is 1.19. The Balaban J connectivity index is 0.000000980. The maximum absolute atomic E-state index is 5.10. The van der Waals surface area contributed by atoms with Gasteiger partial charge in [-0.05, 0) is 43.1 Å². The van der Waals surface area contributed by atoms with Gasteiger partial charge in [0, 0.05) is 0 Å². The maximum Gasteiger partial charge on any atom is 0.118 e. The number of hydrogen-bond acceptors (Lipinski definition) is 2. The minimum absolute atomic E-state index is 0. The number of hydrogen-bond donors (Lipinski definition) is 1. The highest BCUT2D eigenvalue weighted by molar-refractivity contribution is 5.85. The van der Waals surface area contributed by atoms with Gasteiger partial charge in [-0.15, -0.1) is 12.4 Å². The third-order valence-electron chi connectivity index (χ3n) is 2.55. The molecule has 0 spiro atoms. The molecule has 0 saturated carbocycles. The number of rotatable bonds is 3. The molecule has 0 amide bonds. The van der Waals surface area contributed by atoms with E-state index in [1.165, 1.54) is 25.1 Å². The van der Waals surface area contributed by atoms with Crippen LogP contribution in [0.4, 0.5) is 0 Å². The van der Waals surface area contributed by atoms with Gasteiger partial charge in [-0.1, -0.05) is 12.1 Å². The molecule has 3 heteroatoms. The highest BCUT2D eigenvalue weighted by Crippen LogP contribution is 2.16. The minimum Gasteiger partial charge on any atom is -0.497 e. The topological polar surface area (TPSA) is 21.3 Å². The van der Waals surface area contributed by atoms with E-state index in [-0.39, 0.29) is 12.4 Å². The number of benzene rings is 1. The summed E-state index contributed by atoms with van der Waals surface area (Å²) in [5.74, 6) is 1.78. The highest BCUT2D eigenvalue weighted by Gasteiger charge is 2.16. The van der Waals surface area contributed by atoms with Crippen LogP contribution in [-0.4, -0.2) is 20.2 Å². The summed E-state index contributed by atoms with van der Waals surface area (Å²) in [6, 6.07) is 8.36. The van der Waals surface area contributed by atoms with E-state index in [1.54, 1.807) is 7.11 Å². The molecular weight excluding hydrogens is 198 g/mol. The quantitative estimate of drug-likeness (QED) is 0.828. The Morgan fingerprint density at radius 2 is 1.93 bits per heavy atom. The lowest BCUT2D eigenvalue weighted by Crippen LogP contribution is -2.43. The Morgan fingerprint density at radius 3 is 2.36 bits per heavy atom. The van der Waals surface area contributed by atoms with Crippen molar-refractivity contribution in [2.24, 2.45) is 5.92 Å². The highest BCUT2D eigenvalue weighted by atomic mass is 35.5. The largest absolute Gasteiger partial charge is 0.497 e. The molecule has 1 aromatic rings. The molecule has 1 saturated heterocycles. The van der Waals surface area contributed by atoms with Crippen molar-refractivity contribution in [3.63, 3.8) is 0 Å². The Morgan fingerprint density at radius 1 is 1.29 bits per heavy atom. The van der Waals surface area contributed by atoms with Crippen molar-refractivity contribution >= 4 is 12.4 Å². The fourth-order valence-corrected chi connectivity index (χ4v) is 1.59. The van der Waals surface area contributed by atoms with Gasteiger partial charge in [0.2, 0.25) is 0 Å². The molecule has 0 aromatic heterocycles. The molecule has 1 fully saturated rings. The third-order valence-corrected chi connectivity index (χ3v) is 2.55. The Kier molecular flexibility index (Phi) is 4.23. The molecule has 1 heterocycles. The van der Waals surface area contributed by atoms with Crippen LogP contribution >= 0.6 is 12.4 Å². The standard InChI is InChI=1S/C11H15NO.ClH/c1-13-11-4-2-9(3-5-11)6-10-7-12-8-10;/h2-5,10,12H,6-8H2,1H3;1H. The lowest BCUT2D eigenvalue weighted by molar-refractivity contribution is 0.346. The summed E-state index contributed by atoms with van der Waals surface area (Å²) in [5, 5.41) is 3.28. The fourth-order valence-electron chi connectivity index (χ4n) is 1.59.